The molecule has 0 bridgehead atoms. The van der Waals surface area contributed by atoms with Crippen molar-refractivity contribution < 1.29 is 9.53 Å². The first-order valence-electron chi connectivity index (χ1n) is 9.18. The molecule has 1 aromatic rings. The summed E-state index contributed by atoms with van der Waals surface area (Å²) in [5.74, 6) is 1.06. The molecule has 2 aliphatic rings. The van der Waals surface area contributed by atoms with Crippen LogP contribution in [0.25, 0.3) is 0 Å². The number of benzene rings is 1. The van der Waals surface area contributed by atoms with Gasteiger partial charge in [0.1, 0.15) is 5.75 Å². The Bertz CT molecular complexity index is 679. The maximum atomic E-state index is 11.8. The topological polar surface area (TPSA) is 26.3 Å². The number of methoxy groups -OCH3 is 1. The minimum Gasteiger partial charge on any atom is -0.496 e. The lowest BCUT2D eigenvalue weighted by Gasteiger charge is -2.51. The predicted octanol–water partition coefficient (Wildman–Crippen LogP) is 5.92. The zero-order valence-corrected chi connectivity index (χ0v) is 15.7. The maximum absolute atomic E-state index is 11.8. The van der Waals surface area contributed by atoms with E-state index in [1.807, 2.05) is 12.1 Å². The van der Waals surface area contributed by atoms with Crippen molar-refractivity contribution in [2.24, 2.45) is 10.8 Å². The van der Waals surface area contributed by atoms with Crippen molar-refractivity contribution in [3.8, 4) is 5.75 Å². The van der Waals surface area contributed by atoms with E-state index in [0.29, 0.717) is 11.7 Å². The van der Waals surface area contributed by atoms with E-state index in [1.165, 1.54) is 25.7 Å². The molecule has 0 N–H and O–H groups in total. The van der Waals surface area contributed by atoms with E-state index in [-0.39, 0.29) is 10.8 Å². The third kappa shape index (κ3) is 2.60. The molecule has 2 nitrogen and oxygen atoms in total. The van der Waals surface area contributed by atoms with Crippen LogP contribution in [0.1, 0.15) is 81.6 Å². The van der Waals surface area contributed by atoms with E-state index in [2.05, 4.69) is 33.8 Å². The second kappa shape index (κ2) is 6.06. The standard InChI is InChI=1S/C22H30O2/c1-21(2)13-7-8-15-11-12-18(22(3,4)20(15)21)16-9-6-10-19(24-5)17(16)14-23/h6,9-10,14,18H,7-8,11-13H2,1-5H3. The minimum atomic E-state index is 0.0711. The van der Waals surface area contributed by atoms with Crippen LogP contribution in [0.4, 0.5) is 0 Å². The number of carbonyl (C=O) groups excluding carboxylic acids is 1. The summed E-state index contributed by atoms with van der Waals surface area (Å²) in [7, 11) is 1.64. The van der Waals surface area contributed by atoms with Gasteiger partial charge in [0.25, 0.3) is 0 Å². The SMILES string of the molecule is COc1cccc(C2CCC3=C(C(C)(C)CCC3)C2(C)C)c1C=O. The molecular formula is C22H30O2. The number of carbonyl (C=O) groups is 1. The first kappa shape index (κ1) is 17.3. The Hall–Kier alpha value is -1.57. The van der Waals surface area contributed by atoms with Crippen LogP contribution in [0.5, 0.6) is 5.75 Å². The Morgan fingerprint density at radius 3 is 2.58 bits per heavy atom. The van der Waals surface area contributed by atoms with Crippen LogP contribution in [0, 0.1) is 10.8 Å². The summed E-state index contributed by atoms with van der Waals surface area (Å²) in [4.78, 5) is 11.8. The Morgan fingerprint density at radius 2 is 1.92 bits per heavy atom. The second-order valence-electron chi connectivity index (χ2n) is 8.61. The molecule has 0 saturated heterocycles. The van der Waals surface area contributed by atoms with E-state index in [9.17, 15) is 4.79 Å². The Labute approximate surface area is 146 Å². The van der Waals surface area contributed by atoms with Gasteiger partial charge in [-0.15, -0.1) is 0 Å². The fraction of sp³-hybridized carbons (Fsp3) is 0.591. The van der Waals surface area contributed by atoms with Gasteiger partial charge in [0.2, 0.25) is 0 Å². The minimum absolute atomic E-state index is 0.0711. The van der Waals surface area contributed by atoms with Crippen LogP contribution >= 0.6 is 0 Å². The molecule has 130 valence electrons. The lowest BCUT2D eigenvalue weighted by molar-refractivity contribution is 0.111. The molecule has 0 aromatic heterocycles. The van der Waals surface area contributed by atoms with Gasteiger partial charge in [0, 0.05) is 0 Å². The molecule has 24 heavy (non-hydrogen) atoms. The molecule has 0 amide bonds. The number of aldehydes is 1. The first-order chi connectivity index (χ1) is 11.3. The highest BCUT2D eigenvalue weighted by molar-refractivity contribution is 5.82. The molecule has 0 heterocycles. The summed E-state index contributed by atoms with van der Waals surface area (Å²) in [5, 5.41) is 0. The summed E-state index contributed by atoms with van der Waals surface area (Å²) in [6.45, 7) is 9.57. The van der Waals surface area contributed by atoms with Crippen molar-refractivity contribution in [1.82, 2.24) is 0 Å². The molecule has 1 atom stereocenters. The zero-order valence-electron chi connectivity index (χ0n) is 15.7. The molecule has 0 saturated carbocycles. The van der Waals surface area contributed by atoms with Gasteiger partial charge in [-0.05, 0) is 60.5 Å². The molecular weight excluding hydrogens is 296 g/mol. The van der Waals surface area contributed by atoms with Gasteiger partial charge in [-0.1, -0.05) is 51.0 Å². The van der Waals surface area contributed by atoms with Gasteiger partial charge in [0.15, 0.2) is 6.29 Å². The first-order valence-corrected chi connectivity index (χ1v) is 9.18. The van der Waals surface area contributed by atoms with Gasteiger partial charge < -0.3 is 4.74 Å². The van der Waals surface area contributed by atoms with E-state index in [4.69, 9.17) is 4.74 Å². The summed E-state index contributed by atoms with van der Waals surface area (Å²) in [6.07, 6.45) is 7.10. The third-order valence-corrected chi connectivity index (χ3v) is 6.37. The molecule has 0 fully saturated rings. The number of hydrogen-bond donors (Lipinski definition) is 0. The molecule has 0 aliphatic heterocycles. The number of hydrogen-bond acceptors (Lipinski definition) is 2. The van der Waals surface area contributed by atoms with Crippen LogP contribution in [-0.2, 0) is 0 Å². The van der Waals surface area contributed by atoms with Crippen molar-refractivity contribution in [2.75, 3.05) is 7.11 Å². The molecule has 2 aliphatic carbocycles. The fourth-order valence-electron chi connectivity index (χ4n) is 5.62. The maximum Gasteiger partial charge on any atom is 0.154 e. The lowest BCUT2D eigenvalue weighted by atomic mass is 9.53. The monoisotopic (exact) mass is 326 g/mol. The summed E-state index contributed by atoms with van der Waals surface area (Å²) in [5.41, 5.74) is 5.55. The van der Waals surface area contributed by atoms with Crippen LogP contribution in [0.3, 0.4) is 0 Å². The highest BCUT2D eigenvalue weighted by Gasteiger charge is 2.46. The average Bonchev–Trinajstić information content (AvgIpc) is 2.52. The molecule has 2 heteroatoms. The van der Waals surface area contributed by atoms with Crippen molar-refractivity contribution in [3.63, 3.8) is 0 Å². The van der Waals surface area contributed by atoms with E-state index in [0.717, 1.165) is 23.8 Å². The smallest absolute Gasteiger partial charge is 0.154 e. The largest absolute Gasteiger partial charge is 0.496 e. The number of rotatable bonds is 3. The van der Waals surface area contributed by atoms with Gasteiger partial charge in [-0.3, -0.25) is 4.79 Å². The van der Waals surface area contributed by atoms with Crippen LogP contribution in [0.15, 0.2) is 29.3 Å². The number of allylic oxidation sites excluding steroid dienone is 2. The Kier molecular flexibility index (Phi) is 4.36. The summed E-state index contributed by atoms with van der Waals surface area (Å²) in [6, 6.07) is 6.03. The van der Waals surface area contributed by atoms with Crippen molar-refractivity contribution in [3.05, 3.63) is 40.5 Å². The highest BCUT2D eigenvalue weighted by Crippen LogP contribution is 2.59. The molecule has 1 unspecified atom stereocenters. The van der Waals surface area contributed by atoms with Gasteiger partial charge in [0.05, 0.1) is 12.7 Å². The van der Waals surface area contributed by atoms with Crippen molar-refractivity contribution in [1.29, 1.82) is 0 Å². The highest BCUT2D eigenvalue weighted by atomic mass is 16.5. The van der Waals surface area contributed by atoms with Crippen LogP contribution < -0.4 is 4.74 Å². The zero-order chi connectivity index (χ0) is 17.5. The summed E-state index contributed by atoms with van der Waals surface area (Å²) >= 11 is 0. The van der Waals surface area contributed by atoms with E-state index >= 15 is 0 Å². The van der Waals surface area contributed by atoms with Gasteiger partial charge >= 0.3 is 0 Å². The van der Waals surface area contributed by atoms with Crippen molar-refractivity contribution in [2.45, 2.75) is 65.7 Å². The van der Waals surface area contributed by atoms with Gasteiger partial charge in [-0.2, -0.15) is 0 Å². The van der Waals surface area contributed by atoms with E-state index in [1.54, 1.807) is 18.3 Å². The Morgan fingerprint density at radius 1 is 1.17 bits per heavy atom. The van der Waals surface area contributed by atoms with Crippen LogP contribution in [0.2, 0.25) is 0 Å². The normalized spacial score (nSPS) is 25.1. The fourth-order valence-corrected chi connectivity index (χ4v) is 5.62. The van der Waals surface area contributed by atoms with Crippen molar-refractivity contribution >= 4 is 6.29 Å². The predicted molar refractivity (Wildman–Crippen MR) is 98.8 cm³/mol. The third-order valence-electron chi connectivity index (χ3n) is 6.37. The summed E-state index contributed by atoms with van der Waals surface area (Å²) < 4.78 is 5.44. The van der Waals surface area contributed by atoms with Crippen LogP contribution in [-0.4, -0.2) is 13.4 Å². The van der Waals surface area contributed by atoms with E-state index < -0.39 is 0 Å². The average molecular weight is 326 g/mol. The quantitative estimate of drug-likeness (QED) is 0.509. The second-order valence-corrected chi connectivity index (χ2v) is 8.61. The molecule has 0 spiro atoms. The Balaban J connectivity index is 2.12. The van der Waals surface area contributed by atoms with Gasteiger partial charge in [-0.25, -0.2) is 0 Å². The molecule has 3 rings (SSSR count). The molecule has 1 aromatic carbocycles. The lowest BCUT2D eigenvalue weighted by Crippen LogP contribution is -2.38. The molecule has 0 radical (unpaired) electrons. The number of ether oxygens (including phenoxy) is 1.